The predicted molar refractivity (Wildman–Crippen MR) is 125 cm³/mol. The van der Waals surface area contributed by atoms with Crippen LogP contribution in [0.3, 0.4) is 0 Å². The lowest BCUT2D eigenvalue weighted by Gasteiger charge is -2.39. The van der Waals surface area contributed by atoms with Crippen LogP contribution in [0.5, 0.6) is 0 Å². The first-order valence-electron chi connectivity index (χ1n) is 11.0. The maximum absolute atomic E-state index is 14.0. The minimum absolute atomic E-state index is 0.0782. The quantitative estimate of drug-likeness (QED) is 0.591. The van der Waals surface area contributed by atoms with Crippen LogP contribution < -0.4 is 10.9 Å². The van der Waals surface area contributed by atoms with Crippen LogP contribution in [-0.4, -0.2) is 78.9 Å². The van der Waals surface area contributed by atoms with E-state index in [1.54, 1.807) is 6.92 Å². The lowest BCUT2D eigenvalue weighted by molar-refractivity contribution is 0.0913. The molecule has 0 bridgehead atoms. The summed E-state index contributed by atoms with van der Waals surface area (Å²) in [5.74, 6) is -4.15. The molecule has 180 valence electrons. The number of hydrogen-bond acceptors (Lipinski definition) is 7. The number of rotatable bonds is 5. The van der Waals surface area contributed by atoms with E-state index >= 15 is 0 Å². The van der Waals surface area contributed by atoms with Gasteiger partial charge in [-0.05, 0) is 31.7 Å². The van der Waals surface area contributed by atoms with Gasteiger partial charge in [0.2, 0.25) is 21.8 Å². The van der Waals surface area contributed by atoms with E-state index in [0.29, 0.717) is 25.7 Å². The number of nitrogens with one attached hydrogen (secondary N) is 1. The van der Waals surface area contributed by atoms with Gasteiger partial charge in [0.25, 0.3) is 5.56 Å². The van der Waals surface area contributed by atoms with Crippen LogP contribution in [0.1, 0.15) is 44.2 Å². The molecule has 2 aromatic heterocycles. The summed E-state index contributed by atoms with van der Waals surface area (Å²) in [4.78, 5) is 21.7. The smallest absolute Gasteiger partial charge is 0.260 e. The molecule has 2 N–H and O–H groups in total. The fraction of sp³-hybridized carbons (Fsp3) is 0.650. The molecule has 1 saturated carbocycles. The minimum atomic E-state index is -3.86. The molecular weight excluding hydrogens is 466 g/mol. The van der Waals surface area contributed by atoms with Crippen LogP contribution in [0.25, 0.3) is 11.0 Å². The summed E-state index contributed by atoms with van der Waals surface area (Å²) in [6.45, 7) is 2.18. The van der Waals surface area contributed by atoms with Crippen LogP contribution in [0.2, 0.25) is 0 Å². The van der Waals surface area contributed by atoms with E-state index in [4.69, 9.17) is 15.7 Å². The molecular formula is C20H25B2F2N5O4S. The zero-order valence-electron chi connectivity index (χ0n) is 18.9. The summed E-state index contributed by atoms with van der Waals surface area (Å²) in [7, 11) is 8.07. The van der Waals surface area contributed by atoms with Crippen molar-refractivity contribution in [1.82, 2.24) is 18.8 Å². The standard InChI is InChI=1S/C20H25B2F2N5O4S/c1-11-14(3-4-15(11)30)29-16-12(9-13(17(29)31)20(22,23)24)10-25-18(26-16)27-19(21)5-7-28(8-6-19)34(2,32)33/h9-11,14-15,30H,3-8H2,1-2H3,(H,25,26,27)/t11-,14+,15+/m1/s1. The van der Waals surface area contributed by atoms with Crippen molar-refractivity contribution < 1.29 is 22.3 Å². The maximum atomic E-state index is 14.0. The highest BCUT2D eigenvalue weighted by molar-refractivity contribution is 7.88. The van der Waals surface area contributed by atoms with E-state index in [1.807, 2.05) is 0 Å². The number of sulfonamides is 1. The summed E-state index contributed by atoms with van der Waals surface area (Å²) < 4.78 is 54.1. The number of fused-ring (bicyclic) bond motifs is 1. The number of halogens is 2. The lowest BCUT2D eigenvalue weighted by Crippen LogP contribution is -2.51. The van der Waals surface area contributed by atoms with Crippen molar-refractivity contribution in [1.29, 1.82) is 0 Å². The van der Waals surface area contributed by atoms with Gasteiger partial charge in [0, 0.05) is 42.1 Å². The molecule has 3 atom stereocenters. The van der Waals surface area contributed by atoms with Crippen LogP contribution in [0.4, 0.5) is 14.7 Å². The van der Waals surface area contributed by atoms with E-state index < -0.39 is 44.6 Å². The number of aromatic nitrogens is 3. The highest BCUT2D eigenvalue weighted by atomic mass is 32.2. The molecule has 9 nitrogen and oxygen atoms in total. The molecule has 0 unspecified atom stereocenters. The average molecular weight is 491 g/mol. The monoisotopic (exact) mass is 491 g/mol. The Morgan fingerprint density at radius 1 is 1.29 bits per heavy atom. The Hall–Kier alpha value is -2.05. The molecule has 0 amide bonds. The van der Waals surface area contributed by atoms with Gasteiger partial charge in [0.05, 0.1) is 17.9 Å². The van der Waals surface area contributed by atoms with E-state index in [-0.39, 0.29) is 36.0 Å². The number of nitrogens with zero attached hydrogens (tertiary/aromatic N) is 4. The van der Waals surface area contributed by atoms with Crippen molar-refractivity contribution in [2.45, 2.75) is 56.0 Å². The number of alkyl halides is 2. The van der Waals surface area contributed by atoms with Crippen molar-refractivity contribution in [3.05, 3.63) is 28.2 Å². The molecule has 2 fully saturated rings. The zero-order chi connectivity index (χ0) is 25.1. The van der Waals surface area contributed by atoms with Crippen molar-refractivity contribution in [2.24, 2.45) is 5.92 Å². The Morgan fingerprint density at radius 2 is 1.94 bits per heavy atom. The summed E-state index contributed by atoms with van der Waals surface area (Å²) in [5, 5.41) is 13.4. The van der Waals surface area contributed by atoms with Gasteiger partial charge >= 0.3 is 0 Å². The van der Waals surface area contributed by atoms with E-state index in [9.17, 15) is 27.1 Å². The average Bonchev–Trinajstić information content (AvgIpc) is 3.04. The molecule has 3 heterocycles. The van der Waals surface area contributed by atoms with Crippen LogP contribution in [0.15, 0.2) is 17.1 Å². The van der Waals surface area contributed by atoms with Crippen molar-refractivity contribution >= 4 is 42.7 Å². The van der Waals surface area contributed by atoms with Gasteiger partial charge in [-0.15, -0.1) is 0 Å². The summed E-state index contributed by atoms with van der Waals surface area (Å²) in [5.41, 5.74) is -2.72. The number of aliphatic hydroxyl groups is 1. The van der Waals surface area contributed by atoms with E-state index in [2.05, 4.69) is 15.3 Å². The second kappa shape index (κ2) is 8.56. The normalized spacial score (nSPS) is 26.1. The van der Waals surface area contributed by atoms with Gasteiger partial charge in [-0.3, -0.25) is 9.36 Å². The summed E-state index contributed by atoms with van der Waals surface area (Å²) >= 11 is 0. The predicted octanol–water partition coefficient (Wildman–Crippen LogP) is 0.673. The molecule has 4 rings (SSSR count). The van der Waals surface area contributed by atoms with Gasteiger partial charge in [0.15, 0.2) is 7.85 Å². The Kier molecular flexibility index (Phi) is 6.31. The molecule has 1 saturated heterocycles. The van der Waals surface area contributed by atoms with E-state index in [0.717, 1.165) is 12.3 Å². The molecule has 2 aromatic rings. The van der Waals surface area contributed by atoms with Gasteiger partial charge in [-0.25, -0.2) is 26.5 Å². The third-order valence-electron chi connectivity index (χ3n) is 6.88. The highest BCUT2D eigenvalue weighted by Gasteiger charge is 2.38. The first-order chi connectivity index (χ1) is 15.7. The Bertz CT molecular complexity index is 1260. The van der Waals surface area contributed by atoms with Crippen molar-refractivity contribution in [3.63, 3.8) is 0 Å². The molecule has 34 heavy (non-hydrogen) atoms. The first kappa shape index (κ1) is 25.1. The number of aliphatic hydroxyl groups excluding tert-OH is 1. The molecule has 1 aliphatic heterocycles. The van der Waals surface area contributed by atoms with Gasteiger partial charge in [0.1, 0.15) is 13.5 Å². The topological polar surface area (TPSA) is 117 Å². The molecule has 0 spiro atoms. The molecule has 14 heteroatoms. The van der Waals surface area contributed by atoms with E-state index in [1.165, 1.54) is 15.1 Å². The van der Waals surface area contributed by atoms with Gasteiger partial charge in [-0.2, -0.15) is 4.98 Å². The highest BCUT2D eigenvalue weighted by Crippen LogP contribution is 2.37. The van der Waals surface area contributed by atoms with Crippen LogP contribution in [-0.2, 0) is 15.8 Å². The Balaban J connectivity index is 1.75. The van der Waals surface area contributed by atoms with Crippen LogP contribution >= 0.6 is 0 Å². The third kappa shape index (κ3) is 4.72. The van der Waals surface area contributed by atoms with Crippen molar-refractivity contribution in [3.8, 4) is 0 Å². The minimum Gasteiger partial charge on any atom is -0.393 e. The maximum Gasteiger partial charge on any atom is 0.260 e. The van der Waals surface area contributed by atoms with Crippen molar-refractivity contribution in [2.75, 3.05) is 24.7 Å². The Labute approximate surface area is 198 Å². The van der Waals surface area contributed by atoms with Gasteiger partial charge < -0.3 is 10.4 Å². The third-order valence-corrected chi connectivity index (χ3v) is 8.18. The zero-order valence-corrected chi connectivity index (χ0v) is 19.7. The number of anilines is 1. The van der Waals surface area contributed by atoms with Gasteiger partial charge in [-0.1, -0.05) is 6.92 Å². The molecule has 2 aliphatic rings. The summed E-state index contributed by atoms with van der Waals surface area (Å²) in [6.07, 6.45) is 3.17. The number of hydrogen-bond donors (Lipinski definition) is 2. The molecule has 0 aromatic carbocycles. The number of piperidine rings is 1. The first-order valence-corrected chi connectivity index (χ1v) is 12.8. The second-order valence-corrected chi connectivity index (χ2v) is 11.3. The fourth-order valence-corrected chi connectivity index (χ4v) is 5.63. The second-order valence-electron chi connectivity index (χ2n) is 9.34. The summed E-state index contributed by atoms with van der Waals surface area (Å²) in [6, 6.07) is 0.427. The lowest BCUT2D eigenvalue weighted by atomic mass is 9.71. The Morgan fingerprint density at radius 3 is 2.47 bits per heavy atom. The largest absolute Gasteiger partial charge is 0.393 e. The fourth-order valence-electron chi connectivity index (χ4n) is 4.78. The van der Waals surface area contributed by atoms with Crippen LogP contribution in [0, 0.1) is 5.92 Å². The molecule has 4 radical (unpaired) electrons. The SMILES string of the molecule is [B]C1(Nc2ncc3cc(C([B])(F)F)c(=O)n([C@H]4CC[C@H](O)[C@@H]4C)c3n2)CCN(S(C)(=O)=O)CC1. The molecule has 1 aliphatic carbocycles. The number of pyridine rings is 1.